The first-order valence-electron chi connectivity index (χ1n) is 7.07. The zero-order valence-electron chi connectivity index (χ0n) is 12.2. The van der Waals surface area contributed by atoms with Gasteiger partial charge in [0, 0.05) is 44.8 Å². The van der Waals surface area contributed by atoms with E-state index in [4.69, 9.17) is 9.47 Å². The molecule has 0 unspecified atom stereocenters. The van der Waals surface area contributed by atoms with Crippen molar-refractivity contribution in [1.29, 1.82) is 0 Å². The third-order valence-corrected chi connectivity index (χ3v) is 4.34. The summed E-state index contributed by atoms with van der Waals surface area (Å²) in [5.41, 5.74) is 0.450. The highest BCUT2D eigenvalue weighted by atomic mass is 16.5. The number of aromatic nitrogens is 2. The Hall–Kier alpha value is -1.40. The molecule has 0 amide bonds. The Kier molecular flexibility index (Phi) is 3.76. The van der Waals surface area contributed by atoms with E-state index in [9.17, 15) is 0 Å². The summed E-state index contributed by atoms with van der Waals surface area (Å²) >= 11 is 0. The highest BCUT2D eigenvalue weighted by Gasteiger charge is 2.47. The third kappa shape index (κ3) is 2.58. The first-order valence-corrected chi connectivity index (χ1v) is 7.07. The molecule has 2 aliphatic heterocycles. The molecule has 1 aromatic rings. The summed E-state index contributed by atoms with van der Waals surface area (Å²) in [5.74, 6) is 1.60. The van der Waals surface area contributed by atoms with Crippen LogP contribution in [0.5, 0.6) is 5.88 Å². The quantitative estimate of drug-likeness (QED) is 0.788. The van der Waals surface area contributed by atoms with E-state index >= 15 is 0 Å². The van der Waals surface area contributed by atoms with E-state index in [1.165, 1.54) is 19.5 Å². The van der Waals surface area contributed by atoms with Gasteiger partial charge >= 0.3 is 0 Å². The molecule has 0 bridgehead atoms. The molecule has 0 radical (unpaired) electrons. The minimum atomic E-state index is 0.450. The zero-order chi connectivity index (χ0) is 14.0. The van der Waals surface area contributed by atoms with Crippen LogP contribution in [-0.2, 0) is 4.74 Å². The lowest BCUT2D eigenvalue weighted by Crippen LogP contribution is -2.58. The minimum absolute atomic E-state index is 0.450. The van der Waals surface area contributed by atoms with Gasteiger partial charge in [-0.1, -0.05) is 0 Å². The van der Waals surface area contributed by atoms with Crippen LogP contribution in [0.2, 0.25) is 0 Å². The van der Waals surface area contributed by atoms with E-state index < -0.39 is 0 Å². The van der Waals surface area contributed by atoms with Crippen LogP contribution in [0.3, 0.4) is 0 Å². The first kappa shape index (κ1) is 13.6. The topological polar surface area (TPSA) is 50.7 Å². The molecule has 20 heavy (non-hydrogen) atoms. The number of ether oxygens (including phenoxy) is 2. The summed E-state index contributed by atoms with van der Waals surface area (Å²) in [4.78, 5) is 13.2. The van der Waals surface area contributed by atoms with Gasteiger partial charge in [-0.3, -0.25) is 0 Å². The Morgan fingerprint density at radius 1 is 1.25 bits per heavy atom. The van der Waals surface area contributed by atoms with Gasteiger partial charge in [-0.05, 0) is 13.0 Å². The van der Waals surface area contributed by atoms with Crippen molar-refractivity contribution in [2.24, 2.45) is 5.41 Å². The minimum Gasteiger partial charge on any atom is -0.481 e. The Balaban J connectivity index is 1.55. The van der Waals surface area contributed by atoms with Gasteiger partial charge < -0.3 is 19.3 Å². The van der Waals surface area contributed by atoms with E-state index in [0.717, 1.165) is 32.1 Å². The molecular weight excluding hydrogens is 256 g/mol. The van der Waals surface area contributed by atoms with Gasteiger partial charge in [-0.25, -0.2) is 9.97 Å². The molecule has 1 aromatic heterocycles. The Labute approximate surface area is 119 Å². The monoisotopic (exact) mass is 278 g/mol. The second-order valence-corrected chi connectivity index (χ2v) is 5.79. The fourth-order valence-electron chi connectivity index (χ4n) is 3.24. The van der Waals surface area contributed by atoms with Crippen LogP contribution in [0.1, 0.15) is 6.42 Å². The predicted octanol–water partition coefficient (Wildman–Crippen LogP) is 0.644. The van der Waals surface area contributed by atoms with E-state index in [2.05, 4.69) is 19.8 Å². The molecule has 1 spiro atoms. The molecule has 0 atom stereocenters. The largest absolute Gasteiger partial charge is 0.481 e. The molecule has 110 valence electrons. The summed E-state index contributed by atoms with van der Waals surface area (Å²) in [6.07, 6.45) is 2.84. The molecule has 3 heterocycles. The van der Waals surface area contributed by atoms with Gasteiger partial charge in [0.2, 0.25) is 5.88 Å². The summed E-state index contributed by atoms with van der Waals surface area (Å²) in [5, 5.41) is 0. The summed E-state index contributed by atoms with van der Waals surface area (Å²) in [6, 6.07) is 1.91. The zero-order valence-corrected chi connectivity index (χ0v) is 12.2. The second kappa shape index (κ2) is 5.54. The molecule has 2 fully saturated rings. The van der Waals surface area contributed by atoms with Gasteiger partial charge in [0.15, 0.2) is 0 Å². The molecule has 0 saturated carbocycles. The Bertz CT molecular complexity index is 462. The van der Waals surface area contributed by atoms with Crippen molar-refractivity contribution < 1.29 is 9.47 Å². The molecule has 2 saturated heterocycles. The van der Waals surface area contributed by atoms with E-state index in [0.29, 0.717) is 11.3 Å². The van der Waals surface area contributed by atoms with Crippen LogP contribution < -0.4 is 9.64 Å². The lowest BCUT2D eigenvalue weighted by molar-refractivity contribution is 0.144. The lowest BCUT2D eigenvalue weighted by Gasteiger charge is -2.48. The van der Waals surface area contributed by atoms with Gasteiger partial charge in [0.25, 0.3) is 0 Å². The maximum Gasteiger partial charge on any atom is 0.218 e. The first-order chi connectivity index (χ1) is 9.74. The fourth-order valence-corrected chi connectivity index (χ4v) is 3.24. The van der Waals surface area contributed by atoms with Crippen molar-refractivity contribution >= 4 is 5.82 Å². The molecule has 3 rings (SSSR count). The van der Waals surface area contributed by atoms with E-state index in [1.807, 2.05) is 6.07 Å². The van der Waals surface area contributed by atoms with Gasteiger partial charge in [0.1, 0.15) is 12.1 Å². The lowest BCUT2D eigenvalue weighted by atomic mass is 9.79. The normalized spacial score (nSPS) is 21.2. The number of anilines is 1. The van der Waals surface area contributed by atoms with Crippen LogP contribution in [-0.4, -0.2) is 68.4 Å². The highest BCUT2D eigenvalue weighted by Crippen LogP contribution is 2.41. The number of hydrogen-bond acceptors (Lipinski definition) is 6. The predicted molar refractivity (Wildman–Crippen MR) is 76.2 cm³/mol. The molecule has 2 aliphatic rings. The number of rotatable bonds is 5. The average Bonchev–Trinajstić information content (AvgIpc) is 2.88. The maximum absolute atomic E-state index is 5.16. The third-order valence-electron chi connectivity index (χ3n) is 4.34. The van der Waals surface area contributed by atoms with Gasteiger partial charge in [0.05, 0.1) is 13.7 Å². The molecule has 6 nitrogen and oxygen atoms in total. The van der Waals surface area contributed by atoms with E-state index in [-0.39, 0.29) is 0 Å². The van der Waals surface area contributed by atoms with Gasteiger partial charge in [-0.2, -0.15) is 0 Å². The number of hydrogen-bond donors (Lipinski definition) is 0. The highest BCUT2D eigenvalue weighted by molar-refractivity contribution is 5.45. The number of methoxy groups -OCH3 is 2. The van der Waals surface area contributed by atoms with Crippen LogP contribution in [0.4, 0.5) is 5.82 Å². The maximum atomic E-state index is 5.16. The molecule has 0 aliphatic carbocycles. The van der Waals surface area contributed by atoms with Crippen LogP contribution in [0.25, 0.3) is 0 Å². The van der Waals surface area contributed by atoms with Crippen molar-refractivity contribution in [2.45, 2.75) is 6.42 Å². The fraction of sp³-hybridized carbons (Fsp3) is 0.714. The van der Waals surface area contributed by atoms with Gasteiger partial charge in [-0.15, -0.1) is 0 Å². The number of nitrogens with zero attached hydrogens (tertiary/aromatic N) is 4. The van der Waals surface area contributed by atoms with E-state index in [1.54, 1.807) is 20.5 Å². The molecule has 0 aromatic carbocycles. The molecule has 6 heteroatoms. The smallest absolute Gasteiger partial charge is 0.218 e. The summed E-state index contributed by atoms with van der Waals surface area (Å²) in [7, 11) is 3.40. The van der Waals surface area contributed by atoms with Crippen LogP contribution in [0, 0.1) is 5.41 Å². The SMILES string of the molecule is COCCN1CCC2(C1)CN(c1cc(OC)ncn1)C2. The van der Waals surface area contributed by atoms with Crippen molar-refractivity contribution in [3.63, 3.8) is 0 Å². The summed E-state index contributed by atoms with van der Waals surface area (Å²) in [6.45, 7) is 6.38. The summed E-state index contributed by atoms with van der Waals surface area (Å²) < 4.78 is 10.3. The van der Waals surface area contributed by atoms with Crippen molar-refractivity contribution in [1.82, 2.24) is 14.9 Å². The average molecular weight is 278 g/mol. The standard InChI is InChI=1S/C14H22N4O2/c1-19-6-5-17-4-3-14(8-17)9-18(10-14)12-7-13(20-2)16-11-15-12/h7,11H,3-6,8-10H2,1-2H3. The molecular formula is C14H22N4O2. The molecule has 0 N–H and O–H groups in total. The van der Waals surface area contributed by atoms with Crippen molar-refractivity contribution in [3.8, 4) is 5.88 Å². The van der Waals surface area contributed by atoms with Crippen LogP contribution in [0.15, 0.2) is 12.4 Å². The number of likely N-dealkylation sites (tertiary alicyclic amines) is 1. The van der Waals surface area contributed by atoms with Crippen molar-refractivity contribution in [3.05, 3.63) is 12.4 Å². The Morgan fingerprint density at radius 2 is 2.10 bits per heavy atom. The van der Waals surface area contributed by atoms with Crippen LogP contribution >= 0.6 is 0 Å². The Morgan fingerprint density at radius 3 is 2.85 bits per heavy atom. The van der Waals surface area contributed by atoms with Crippen molar-refractivity contribution in [2.75, 3.05) is 58.5 Å². The second-order valence-electron chi connectivity index (χ2n) is 5.79.